The molecule has 0 amide bonds. The first kappa shape index (κ1) is 14.9. The van der Waals surface area contributed by atoms with E-state index in [0.29, 0.717) is 6.61 Å². The summed E-state index contributed by atoms with van der Waals surface area (Å²) in [5.41, 5.74) is -0.592. The fourth-order valence-electron chi connectivity index (χ4n) is 1.47. The van der Waals surface area contributed by atoms with E-state index in [4.69, 9.17) is 4.74 Å². The predicted octanol–water partition coefficient (Wildman–Crippen LogP) is 0.440. The molecule has 0 aliphatic rings. The molecule has 0 N–H and O–H groups in total. The number of aryl methyl sites for hydroxylation is 1. The Morgan fingerprint density at radius 1 is 1.37 bits per heavy atom. The zero-order valence-corrected chi connectivity index (χ0v) is 11.4. The zero-order valence-electron chi connectivity index (χ0n) is 11.4. The molecule has 0 bridgehead atoms. The zero-order chi connectivity index (χ0) is 14.4. The maximum atomic E-state index is 11.8. The van der Waals surface area contributed by atoms with Gasteiger partial charge in [-0.3, -0.25) is 9.36 Å². The number of carbonyl (C=O) groups excluding carboxylic acids is 1. The van der Waals surface area contributed by atoms with Gasteiger partial charge in [0.1, 0.15) is 0 Å². The lowest BCUT2D eigenvalue weighted by atomic mass is 10.3. The third-order valence-corrected chi connectivity index (χ3v) is 2.61. The number of aromatic nitrogens is 2. The van der Waals surface area contributed by atoms with Crippen LogP contribution in [0.5, 0.6) is 0 Å². The van der Waals surface area contributed by atoms with E-state index in [1.807, 2.05) is 6.92 Å². The summed E-state index contributed by atoms with van der Waals surface area (Å²) in [5, 5.41) is 0. The molecule has 0 saturated heterocycles. The van der Waals surface area contributed by atoms with Crippen LogP contribution in [0.1, 0.15) is 25.3 Å². The standard InChI is InChI=1S/C13H18N2O4/c1-4-5-8-19-11(16)7-6-10-9-14(2)13(18)15(3)12(10)17/h6-7,9H,4-5,8H2,1-3H3/b7-6+. The molecule has 1 rings (SSSR count). The van der Waals surface area contributed by atoms with Gasteiger partial charge < -0.3 is 9.30 Å². The minimum Gasteiger partial charge on any atom is -0.463 e. The number of carbonyl (C=O) groups is 1. The lowest BCUT2D eigenvalue weighted by Crippen LogP contribution is -2.37. The van der Waals surface area contributed by atoms with Crippen molar-refractivity contribution < 1.29 is 9.53 Å². The number of ether oxygens (including phenoxy) is 1. The van der Waals surface area contributed by atoms with E-state index in [1.165, 1.54) is 30.0 Å². The highest BCUT2D eigenvalue weighted by molar-refractivity contribution is 5.86. The molecular formula is C13H18N2O4. The molecule has 1 aromatic heterocycles. The SMILES string of the molecule is CCCCOC(=O)/C=C/c1cn(C)c(=O)n(C)c1=O. The molecule has 0 fully saturated rings. The highest BCUT2D eigenvalue weighted by Gasteiger charge is 2.04. The number of nitrogens with zero attached hydrogens (tertiary/aromatic N) is 2. The maximum absolute atomic E-state index is 11.8. The Kier molecular flexibility index (Phi) is 5.29. The number of hydrogen-bond donors (Lipinski definition) is 0. The summed E-state index contributed by atoms with van der Waals surface area (Å²) in [5.74, 6) is -0.496. The van der Waals surface area contributed by atoms with E-state index in [0.717, 1.165) is 17.4 Å². The molecule has 0 aliphatic heterocycles. The van der Waals surface area contributed by atoms with E-state index >= 15 is 0 Å². The van der Waals surface area contributed by atoms with Crippen LogP contribution >= 0.6 is 0 Å². The van der Waals surface area contributed by atoms with Gasteiger partial charge in [-0.05, 0) is 12.5 Å². The van der Waals surface area contributed by atoms with Gasteiger partial charge in [-0.1, -0.05) is 13.3 Å². The summed E-state index contributed by atoms with van der Waals surface area (Å²) in [7, 11) is 2.93. The number of rotatable bonds is 5. The summed E-state index contributed by atoms with van der Waals surface area (Å²) in [6.45, 7) is 2.36. The average molecular weight is 266 g/mol. The van der Waals surface area contributed by atoms with Crippen molar-refractivity contribution in [2.75, 3.05) is 6.61 Å². The monoisotopic (exact) mass is 266 g/mol. The van der Waals surface area contributed by atoms with E-state index < -0.39 is 17.2 Å². The molecule has 6 nitrogen and oxygen atoms in total. The lowest BCUT2D eigenvalue weighted by Gasteiger charge is -2.03. The van der Waals surface area contributed by atoms with Crippen LogP contribution in [-0.4, -0.2) is 21.7 Å². The second-order valence-electron chi connectivity index (χ2n) is 4.20. The highest BCUT2D eigenvalue weighted by atomic mass is 16.5. The Labute approximate surface area is 110 Å². The molecule has 0 saturated carbocycles. The average Bonchev–Trinajstić information content (AvgIpc) is 2.39. The van der Waals surface area contributed by atoms with Crippen LogP contribution in [-0.2, 0) is 23.6 Å². The van der Waals surface area contributed by atoms with E-state index in [-0.39, 0.29) is 5.56 Å². The van der Waals surface area contributed by atoms with Crippen LogP contribution in [0.3, 0.4) is 0 Å². The van der Waals surface area contributed by atoms with Crippen molar-refractivity contribution in [2.24, 2.45) is 14.1 Å². The van der Waals surface area contributed by atoms with Crippen molar-refractivity contribution in [3.8, 4) is 0 Å². The van der Waals surface area contributed by atoms with Crippen LogP contribution in [0.4, 0.5) is 0 Å². The number of esters is 1. The molecule has 1 aromatic rings. The highest BCUT2D eigenvalue weighted by Crippen LogP contribution is 1.95. The third-order valence-electron chi connectivity index (χ3n) is 2.61. The Morgan fingerprint density at radius 2 is 2.05 bits per heavy atom. The van der Waals surface area contributed by atoms with Crippen LogP contribution in [0.25, 0.3) is 6.08 Å². The van der Waals surface area contributed by atoms with Crippen LogP contribution in [0.2, 0.25) is 0 Å². The Balaban J connectivity index is 2.86. The largest absolute Gasteiger partial charge is 0.463 e. The van der Waals surface area contributed by atoms with Crippen molar-refractivity contribution in [3.05, 3.63) is 38.7 Å². The molecule has 6 heteroatoms. The first-order chi connectivity index (χ1) is 8.97. The fourth-order valence-corrected chi connectivity index (χ4v) is 1.47. The van der Waals surface area contributed by atoms with Crippen molar-refractivity contribution in [2.45, 2.75) is 19.8 Å². The summed E-state index contributed by atoms with van der Waals surface area (Å²) in [4.78, 5) is 34.6. The summed E-state index contributed by atoms with van der Waals surface area (Å²) < 4.78 is 7.19. The maximum Gasteiger partial charge on any atom is 0.330 e. The van der Waals surface area contributed by atoms with Gasteiger partial charge in [-0.2, -0.15) is 0 Å². The molecule has 0 radical (unpaired) electrons. The van der Waals surface area contributed by atoms with E-state index in [2.05, 4.69) is 0 Å². The first-order valence-corrected chi connectivity index (χ1v) is 6.09. The lowest BCUT2D eigenvalue weighted by molar-refractivity contribution is -0.137. The van der Waals surface area contributed by atoms with Crippen LogP contribution < -0.4 is 11.2 Å². The van der Waals surface area contributed by atoms with Crippen molar-refractivity contribution in [3.63, 3.8) is 0 Å². The molecule has 0 atom stereocenters. The van der Waals surface area contributed by atoms with Crippen LogP contribution in [0.15, 0.2) is 21.9 Å². The summed E-state index contributed by atoms with van der Waals surface area (Å²) in [6.07, 6.45) is 5.69. The molecule has 1 heterocycles. The Morgan fingerprint density at radius 3 is 2.68 bits per heavy atom. The fraction of sp³-hybridized carbons (Fsp3) is 0.462. The smallest absolute Gasteiger partial charge is 0.330 e. The van der Waals surface area contributed by atoms with Gasteiger partial charge in [-0.25, -0.2) is 9.59 Å². The first-order valence-electron chi connectivity index (χ1n) is 6.09. The van der Waals surface area contributed by atoms with Crippen LogP contribution in [0, 0.1) is 0 Å². The molecule has 0 spiro atoms. The Hall–Kier alpha value is -2.11. The van der Waals surface area contributed by atoms with Crippen molar-refractivity contribution in [1.29, 1.82) is 0 Å². The van der Waals surface area contributed by atoms with Gasteiger partial charge in [0, 0.05) is 26.4 Å². The molecule has 0 aliphatic carbocycles. The van der Waals surface area contributed by atoms with E-state index in [1.54, 1.807) is 7.05 Å². The van der Waals surface area contributed by atoms with Gasteiger partial charge in [-0.15, -0.1) is 0 Å². The minimum atomic E-state index is -0.496. The quantitative estimate of drug-likeness (QED) is 0.440. The molecule has 19 heavy (non-hydrogen) atoms. The van der Waals surface area contributed by atoms with Crippen molar-refractivity contribution >= 4 is 12.0 Å². The Bertz CT molecular complexity index is 596. The minimum absolute atomic E-state index is 0.261. The third kappa shape index (κ3) is 3.94. The second kappa shape index (κ2) is 6.72. The molecular weight excluding hydrogens is 248 g/mol. The van der Waals surface area contributed by atoms with Gasteiger partial charge in [0.05, 0.1) is 12.2 Å². The topological polar surface area (TPSA) is 70.3 Å². The van der Waals surface area contributed by atoms with Gasteiger partial charge in [0.2, 0.25) is 0 Å². The molecule has 0 aromatic carbocycles. The summed E-state index contributed by atoms with van der Waals surface area (Å²) in [6, 6.07) is 0. The molecule has 0 unspecified atom stereocenters. The van der Waals surface area contributed by atoms with Gasteiger partial charge in [0.15, 0.2) is 0 Å². The number of unbranched alkanes of at least 4 members (excludes halogenated alkanes) is 1. The van der Waals surface area contributed by atoms with Crippen molar-refractivity contribution in [1.82, 2.24) is 9.13 Å². The summed E-state index contributed by atoms with van der Waals surface area (Å²) >= 11 is 0. The van der Waals surface area contributed by atoms with E-state index in [9.17, 15) is 14.4 Å². The predicted molar refractivity (Wildman–Crippen MR) is 71.8 cm³/mol. The normalized spacial score (nSPS) is 10.9. The second-order valence-corrected chi connectivity index (χ2v) is 4.20. The van der Waals surface area contributed by atoms with Gasteiger partial charge >= 0.3 is 11.7 Å². The molecule has 104 valence electrons. The number of hydrogen-bond acceptors (Lipinski definition) is 4. The van der Waals surface area contributed by atoms with Gasteiger partial charge in [0.25, 0.3) is 5.56 Å².